The molecule has 1 aromatic heterocycles. The lowest BCUT2D eigenvalue weighted by Gasteiger charge is -2.38. The SMILES string of the molecule is CN1CCN([C@H](CNC(=O)c2ccc(S(=O)(=O)N(C)C)cc2)c2cccn2C)CC1. The van der Waals surface area contributed by atoms with Crippen LogP contribution in [0.4, 0.5) is 0 Å². The maximum absolute atomic E-state index is 12.7. The van der Waals surface area contributed by atoms with Crippen molar-refractivity contribution in [2.24, 2.45) is 7.05 Å². The highest BCUT2D eigenvalue weighted by Gasteiger charge is 2.26. The zero-order valence-electron chi connectivity index (χ0n) is 18.1. The predicted octanol–water partition coefficient (Wildman–Crippen LogP) is 0.994. The minimum atomic E-state index is -3.51. The minimum absolute atomic E-state index is 0.0797. The molecule has 30 heavy (non-hydrogen) atoms. The number of piperazine rings is 1. The molecule has 2 aromatic rings. The molecule has 2 heterocycles. The lowest BCUT2D eigenvalue weighted by atomic mass is 10.1. The molecule has 164 valence electrons. The number of carbonyl (C=O) groups is 1. The number of aromatic nitrogens is 1. The van der Waals surface area contributed by atoms with E-state index in [1.54, 1.807) is 12.1 Å². The van der Waals surface area contributed by atoms with Crippen LogP contribution >= 0.6 is 0 Å². The van der Waals surface area contributed by atoms with Crippen LogP contribution in [0, 0.1) is 0 Å². The average molecular weight is 434 g/mol. The number of nitrogens with one attached hydrogen (secondary N) is 1. The van der Waals surface area contributed by atoms with Crippen LogP contribution in [-0.2, 0) is 17.1 Å². The van der Waals surface area contributed by atoms with Crippen molar-refractivity contribution in [2.75, 3.05) is 53.9 Å². The van der Waals surface area contributed by atoms with Crippen molar-refractivity contribution < 1.29 is 13.2 Å². The molecule has 1 aromatic carbocycles. The molecule has 0 saturated carbocycles. The Kier molecular flexibility index (Phi) is 6.97. The lowest BCUT2D eigenvalue weighted by Crippen LogP contribution is -2.48. The van der Waals surface area contributed by atoms with Gasteiger partial charge in [0.15, 0.2) is 0 Å². The molecule has 0 spiro atoms. The molecule has 1 atom stereocenters. The van der Waals surface area contributed by atoms with Crippen LogP contribution in [0.15, 0.2) is 47.5 Å². The number of nitrogens with zero attached hydrogens (tertiary/aromatic N) is 4. The topological polar surface area (TPSA) is 77.9 Å². The molecule has 0 radical (unpaired) electrons. The third-order valence-electron chi connectivity index (χ3n) is 5.66. The maximum atomic E-state index is 12.7. The molecule has 8 nitrogen and oxygen atoms in total. The highest BCUT2D eigenvalue weighted by Crippen LogP contribution is 2.22. The standard InChI is InChI=1S/C21H31N5O3S/c1-23(2)30(28,29)18-9-7-17(8-10-18)21(27)22-16-20(19-6-5-11-25(19)4)26-14-12-24(3)13-15-26/h5-11,20H,12-16H2,1-4H3,(H,22,27)/t20-/m1/s1. The van der Waals surface area contributed by atoms with E-state index in [1.807, 2.05) is 19.3 Å². The number of hydrogen-bond donors (Lipinski definition) is 1. The van der Waals surface area contributed by atoms with Crippen molar-refractivity contribution in [1.82, 2.24) is 24.0 Å². The van der Waals surface area contributed by atoms with Gasteiger partial charge in [0.1, 0.15) is 0 Å². The summed E-state index contributed by atoms with van der Waals surface area (Å²) in [6.07, 6.45) is 2.02. The van der Waals surface area contributed by atoms with Gasteiger partial charge in [0.2, 0.25) is 10.0 Å². The van der Waals surface area contributed by atoms with Gasteiger partial charge >= 0.3 is 0 Å². The Bertz CT molecular complexity index is 961. The monoisotopic (exact) mass is 433 g/mol. The van der Waals surface area contributed by atoms with Gasteiger partial charge < -0.3 is 14.8 Å². The van der Waals surface area contributed by atoms with E-state index in [0.29, 0.717) is 12.1 Å². The second-order valence-electron chi connectivity index (χ2n) is 7.92. The molecule has 0 unspecified atom stereocenters. The van der Waals surface area contributed by atoms with Crippen molar-refractivity contribution in [3.05, 3.63) is 53.9 Å². The Morgan fingerprint density at radius 2 is 1.70 bits per heavy atom. The van der Waals surface area contributed by atoms with Gasteiger partial charge in [-0.15, -0.1) is 0 Å². The number of hydrogen-bond acceptors (Lipinski definition) is 5. The Morgan fingerprint density at radius 3 is 2.23 bits per heavy atom. The van der Waals surface area contributed by atoms with Crippen LogP contribution in [0.5, 0.6) is 0 Å². The van der Waals surface area contributed by atoms with E-state index in [9.17, 15) is 13.2 Å². The number of sulfonamides is 1. The van der Waals surface area contributed by atoms with Crippen molar-refractivity contribution in [2.45, 2.75) is 10.9 Å². The number of carbonyl (C=O) groups excluding carboxylic acids is 1. The van der Waals surface area contributed by atoms with E-state index in [0.717, 1.165) is 36.2 Å². The van der Waals surface area contributed by atoms with Crippen LogP contribution in [0.1, 0.15) is 22.1 Å². The second kappa shape index (κ2) is 9.30. The summed E-state index contributed by atoms with van der Waals surface area (Å²) in [5, 5.41) is 3.04. The fourth-order valence-corrected chi connectivity index (χ4v) is 4.56. The maximum Gasteiger partial charge on any atom is 0.251 e. The summed E-state index contributed by atoms with van der Waals surface area (Å²) in [7, 11) is 3.60. The Hall–Kier alpha value is -2.20. The van der Waals surface area contributed by atoms with Gasteiger partial charge in [-0.1, -0.05) is 0 Å². The van der Waals surface area contributed by atoms with Crippen LogP contribution < -0.4 is 5.32 Å². The number of rotatable bonds is 7. The van der Waals surface area contributed by atoms with E-state index in [4.69, 9.17) is 0 Å². The zero-order chi connectivity index (χ0) is 21.9. The summed E-state index contributed by atoms with van der Waals surface area (Å²) in [5.74, 6) is -0.211. The number of benzene rings is 1. The molecule has 0 aliphatic carbocycles. The summed E-state index contributed by atoms with van der Waals surface area (Å²) in [4.78, 5) is 17.6. The van der Waals surface area contributed by atoms with Crippen LogP contribution in [0.3, 0.4) is 0 Å². The van der Waals surface area contributed by atoms with Crippen molar-refractivity contribution in [3.8, 4) is 0 Å². The summed E-state index contributed by atoms with van der Waals surface area (Å²) in [6.45, 7) is 4.37. The zero-order valence-corrected chi connectivity index (χ0v) is 18.9. The highest BCUT2D eigenvalue weighted by molar-refractivity contribution is 7.89. The molecule has 1 amide bonds. The van der Waals surface area contributed by atoms with Crippen molar-refractivity contribution >= 4 is 15.9 Å². The van der Waals surface area contributed by atoms with E-state index >= 15 is 0 Å². The highest BCUT2D eigenvalue weighted by atomic mass is 32.2. The van der Waals surface area contributed by atoms with Gasteiger partial charge in [-0.05, 0) is 43.4 Å². The van der Waals surface area contributed by atoms with Crippen molar-refractivity contribution in [3.63, 3.8) is 0 Å². The molecule has 9 heteroatoms. The Balaban J connectivity index is 1.71. The third-order valence-corrected chi connectivity index (χ3v) is 7.48. The summed E-state index contributed by atoms with van der Waals surface area (Å²) < 4.78 is 27.7. The fraction of sp³-hybridized carbons (Fsp3) is 0.476. The van der Waals surface area contributed by atoms with Gasteiger partial charge in [0, 0.05) is 71.3 Å². The van der Waals surface area contributed by atoms with Gasteiger partial charge in [0.25, 0.3) is 5.91 Å². The molecular weight excluding hydrogens is 402 g/mol. The van der Waals surface area contributed by atoms with Crippen molar-refractivity contribution in [1.29, 1.82) is 0 Å². The second-order valence-corrected chi connectivity index (χ2v) is 10.1. The Morgan fingerprint density at radius 1 is 1.07 bits per heavy atom. The molecule has 1 fully saturated rings. The first-order chi connectivity index (χ1) is 14.2. The molecule has 1 aliphatic rings. The predicted molar refractivity (Wildman–Crippen MR) is 117 cm³/mol. The molecule has 0 bridgehead atoms. The number of amides is 1. The first kappa shape index (κ1) is 22.5. The molecule has 1 N–H and O–H groups in total. The number of aryl methyl sites for hydroxylation is 1. The summed E-state index contributed by atoms with van der Waals surface area (Å²) in [6, 6.07) is 10.2. The van der Waals surface area contributed by atoms with Gasteiger partial charge in [0.05, 0.1) is 10.9 Å². The largest absolute Gasteiger partial charge is 0.353 e. The number of likely N-dealkylation sites (N-methyl/N-ethyl adjacent to an activating group) is 1. The summed E-state index contributed by atoms with van der Waals surface area (Å²) >= 11 is 0. The molecular formula is C21H31N5O3S. The quantitative estimate of drug-likeness (QED) is 0.705. The molecule has 3 rings (SSSR count). The normalized spacial score (nSPS) is 17.2. The molecule has 1 aliphatic heterocycles. The van der Waals surface area contributed by atoms with E-state index in [1.165, 1.54) is 26.2 Å². The summed E-state index contributed by atoms with van der Waals surface area (Å²) in [5.41, 5.74) is 1.60. The first-order valence-corrected chi connectivity index (χ1v) is 11.5. The third kappa shape index (κ3) is 4.92. The van der Waals surface area contributed by atoms with Crippen LogP contribution in [0.25, 0.3) is 0 Å². The van der Waals surface area contributed by atoms with Crippen LogP contribution in [0.2, 0.25) is 0 Å². The van der Waals surface area contributed by atoms with Gasteiger partial charge in [-0.3, -0.25) is 9.69 Å². The van der Waals surface area contributed by atoms with E-state index in [-0.39, 0.29) is 16.8 Å². The van der Waals surface area contributed by atoms with Crippen LogP contribution in [-0.4, -0.2) is 86.9 Å². The minimum Gasteiger partial charge on any atom is -0.353 e. The smallest absolute Gasteiger partial charge is 0.251 e. The van der Waals surface area contributed by atoms with Gasteiger partial charge in [-0.2, -0.15) is 0 Å². The fourth-order valence-electron chi connectivity index (χ4n) is 3.66. The van der Waals surface area contributed by atoms with E-state index in [2.05, 4.69) is 32.8 Å². The molecule has 1 saturated heterocycles. The Labute approximate surface area is 179 Å². The van der Waals surface area contributed by atoms with E-state index < -0.39 is 10.0 Å². The average Bonchev–Trinajstić information content (AvgIpc) is 3.15. The lowest BCUT2D eigenvalue weighted by molar-refractivity contribution is 0.0877. The first-order valence-electron chi connectivity index (χ1n) is 10.0. The van der Waals surface area contributed by atoms with Gasteiger partial charge in [-0.25, -0.2) is 12.7 Å².